The highest BCUT2D eigenvalue weighted by molar-refractivity contribution is 7.12. The minimum absolute atomic E-state index is 0.118. The summed E-state index contributed by atoms with van der Waals surface area (Å²) in [5.74, 6) is -0.106. The predicted molar refractivity (Wildman–Crippen MR) is 136 cm³/mol. The van der Waals surface area contributed by atoms with Gasteiger partial charge in [-0.3, -0.25) is 19.2 Å². The fraction of sp³-hybridized carbons (Fsp3) is 0.462. The number of ketones is 1. The average Bonchev–Trinajstić information content (AvgIpc) is 3.32. The van der Waals surface area contributed by atoms with Crippen molar-refractivity contribution in [3.05, 3.63) is 51.7 Å². The summed E-state index contributed by atoms with van der Waals surface area (Å²) in [6.45, 7) is 6.88. The Morgan fingerprint density at radius 1 is 1.11 bits per heavy atom. The molecule has 0 unspecified atom stereocenters. The number of carbonyl (C=O) groups is 4. The normalized spacial score (nSPS) is 16.0. The molecule has 1 saturated heterocycles. The Hall–Kier alpha value is -3.24. The Kier molecular flexibility index (Phi) is 9.60. The van der Waals surface area contributed by atoms with Gasteiger partial charge in [-0.05, 0) is 44.5 Å². The van der Waals surface area contributed by atoms with Gasteiger partial charge < -0.3 is 24.2 Å². The maximum Gasteiger partial charge on any atom is 0.255 e. The van der Waals surface area contributed by atoms with Gasteiger partial charge in [-0.1, -0.05) is 12.1 Å². The van der Waals surface area contributed by atoms with Crippen LogP contribution < -0.4 is 4.74 Å². The molecule has 0 bridgehead atoms. The number of hydrogen-bond acceptors (Lipinski definition) is 7. The molecule has 1 atom stereocenters. The molecule has 3 amide bonds. The van der Waals surface area contributed by atoms with E-state index >= 15 is 0 Å². The highest BCUT2D eigenvalue weighted by Gasteiger charge is 2.32. The van der Waals surface area contributed by atoms with Gasteiger partial charge in [-0.25, -0.2) is 0 Å². The summed E-state index contributed by atoms with van der Waals surface area (Å²) in [5, 5.41) is 1.63. The number of hydrogen-bond donors (Lipinski definition) is 0. The molecule has 10 heteroatoms. The van der Waals surface area contributed by atoms with Crippen molar-refractivity contribution in [2.75, 3.05) is 46.4 Å². The first-order valence-electron chi connectivity index (χ1n) is 11.9. The molecule has 1 aliphatic heterocycles. The van der Waals surface area contributed by atoms with Gasteiger partial charge >= 0.3 is 0 Å². The predicted octanol–water partition coefficient (Wildman–Crippen LogP) is 2.70. The van der Waals surface area contributed by atoms with Crippen LogP contribution in [-0.2, 0) is 20.9 Å². The smallest absolute Gasteiger partial charge is 0.255 e. The molecule has 0 saturated carbocycles. The maximum atomic E-state index is 13.3. The zero-order valence-electron chi connectivity index (χ0n) is 21.2. The van der Waals surface area contributed by atoms with Crippen LogP contribution in [0.5, 0.6) is 5.75 Å². The number of likely N-dealkylation sites (N-methyl/N-ethyl adjacent to an activating group) is 1. The van der Waals surface area contributed by atoms with Crippen LogP contribution in [-0.4, -0.2) is 90.7 Å². The number of rotatable bonds is 10. The molecule has 0 spiro atoms. The molecule has 9 nitrogen and oxygen atoms in total. The Labute approximate surface area is 215 Å². The first-order valence-corrected chi connectivity index (χ1v) is 12.8. The lowest BCUT2D eigenvalue weighted by Gasteiger charge is -2.26. The SMILES string of the molecule is CCN(CC)C(=O)CO[C@H]1CN(Cc2ccc(OC)cc2)C(=O)CN(C(=O)c2csc(C(C)=O)c2)C1. The number of methoxy groups -OCH3 is 1. The summed E-state index contributed by atoms with van der Waals surface area (Å²) in [4.78, 5) is 55.9. The molecule has 1 aromatic heterocycles. The Balaban J connectivity index is 1.80. The molecule has 3 rings (SSSR count). The Bertz CT molecular complexity index is 1080. The summed E-state index contributed by atoms with van der Waals surface area (Å²) >= 11 is 1.20. The number of carbonyl (C=O) groups excluding carboxylic acids is 4. The number of ether oxygens (including phenoxy) is 2. The van der Waals surface area contributed by atoms with Gasteiger partial charge in [0.25, 0.3) is 5.91 Å². The summed E-state index contributed by atoms with van der Waals surface area (Å²) in [6, 6.07) is 8.98. The second-order valence-corrected chi connectivity index (χ2v) is 9.47. The molecule has 2 aromatic rings. The summed E-state index contributed by atoms with van der Waals surface area (Å²) in [7, 11) is 1.59. The Morgan fingerprint density at radius 2 is 1.81 bits per heavy atom. The van der Waals surface area contributed by atoms with Crippen LogP contribution in [0, 0.1) is 0 Å². The van der Waals surface area contributed by atoms with E-state index in [4.69, 9.17) is 9.47 Å². The minimum atomic E-state index is -0.552. The monoisotopic (exact) mass is 515 g/mol. The van der Waals surface area contributed by atoms with Crippen LogP contribution in [0.2, 0.25) is 0 Å². The number of nitrogens with zero attached hydrogens (tertiary/aromatic N) is 3. The summed E-state index contributed by atoms with van der Waals surface area (Å²) in [6.07, 6.45) is -0.552. The van der Waals surface area contributed by atoms with E-state index in [2.05, 4.69) is 0 Å². The topological polar surface area (TPSA) is 96.5 Å². The van der Waals surface area contributed by atoms with E-state index in [1.807, 2.05) is 38.1 Å². The molecule has 2 heterocycles. The fourth-order valence-electron chi connectivity index (χ4n) is 4.02. The summed E-state index contributed by atoms with van der Waals surface area (Å²) in [5.41, 5.74) is 1.27. The highest BCUT2D eigenvalue weighted by Crippen LogP contribution is 2.20. The molecule has 0 aliphatic carbocycles. The number of Topliss-reactive ketones (excluding diaryl/α,β-unsaturated/α-hetero) is 1. The second-order valence-electron chi connectivity index (χ2n) is 8.56. The molecule has 1 fully saturated rings. The number of amides is 3. The quantitative estimate of drug-likeness (QED) is 0.452. The average molecular weight is 516 g/mol. The van der Waals surface area contributed by atoms with E-state index in [1.54, 1.807) is 28.4 Å². The number of thiophene rings is 1. The highest BCUT2D eigenvalue weighted by atomic mass is 32.1. The second kappa shape index (κ2) is 12.6. The third-order valence-corrected chi connectivity index (χ3v) is 7.13. The van der Waals surface area contributed by atoms with Crippen molar-refractivity contribution in [3.63, 3.8) is 0 Å². The molecule has 36 heavy (non-hydrogen) atoms. The van der Waals surface area contributed by atoms with Crippen molar-refractivity contribution in [1.29, 1.82) is 0 Å². The summed E-state index contributed by atoms with van der Waals surface area (Å²) < 4.78 is 11.2. The van der Waals surface area contributed by atoms with Crippen LogP contribution in [0.1, 0.15) is 46.4 Å². The van der Waals surface area contributed by atoms with Crippen LogP contribution in [0.15, 0.2) is 35.7 Å². The van der Waals surface area contributed by atoms with Crippen molar-refractivity contribution < 1.29 is 28.7 Å². The van der Waals surface area contributed by atoms with Gasteiger partial charge in [0, 0.05) is 38.1 Å². The van der Waals surface area contributed by atoms with Gasteiger partial charge in [0.05, 0.1) is 23.7 Å². The van der Waals surface area contributed by atoms with Crippen molar-refractivity contribution >= 4 is 34.8 Å². The van der Waals surface area contributed by atoms with Gasteiger partial charge in [0.2, 0.25) is 11.8 Å². The van der Waals surface area contributed by atoms with Crippen molar-refractivity contribution in [2.45, 2.75) is 33.4 Å². The zero-order valence-corrected chi connectivity index (χ0v) is 22.0. The molecule has 0 radical (unpaired) electrons. The lowest BCUT2D eigenvalue weighted by atomic mass is 10.2. The Morgan fingerprint density at radius 3 is 2.39 bits per heavy atom. The molecular formula is C26H33N3O6S. The largest absolute Gasteiger partial charge is 0.497 e. The van der Waals surface area contributed by atoms with Gasteiger partial charge in [-0.15, -0.1) is 11.3 Å². The van der Waals surface area contributed by atoms with E-state index in [1.165, 1.54) is 23.2 Å². The van der Waals surface area contributed by atoms with Crippen molar-refractivity contribution in [3.8, 4) is 5.75 Å². The standard InChI is InChI=1S/C26H33N3O6S/c1-5-27(6-2)25(32)16-35-22-13-28(12-19-7-9-21(34-4)10-8-19)24(31)15-29(14-22)26(33)20-11-23(18(3)30)36-17-20/h7-11,17,22H,5-6,12-16H2,1-4H3/t22-/m0/s1. The number of benzene rings is 1. The molecule has 1 aromatic carbocycles. The van der Waals surface area contributed by atoms with Gasteiger partial charge in [0.15, 0.2) is 5.78 Å². The lowest BCUT2D eigenvalue weighted by Crippen LogP contribution is -2.41. The van der Waals surface area contributed by atoms with E-state index < -0.39 is 6.10 Å². The van der Waals surface area contributed by atoms with Gasteiger partial charge in [0.1, 0.15) is 18.9 Å². The van der Waals surface area contributed by atoms with Crippen LogP contribution in [0.4, 0.5) is 0 Å². The third-order valence-electron chi connectivity index (χ3n) is 6.10. The van der Waals surface area contributed by atoms with Crippen LogP contribution in [0.25, 0.3) is 0 Å². The van der Waals surface area contributed by atoms with Crippen molar-refractivity contribution in [2.24, 2.45) is 0 Å². The molecular weight excluding hydrogens is 482 g/mol. The van der Waals surface area contributed by atoms with Crippen LogP contribution in [0.3, 0.4) is 0 Å². The van der Waals surface area contributed by atoms with Crippen LogP contribution >= 0.6 is 11.3 Å². The first kappa shape index (κ1) is 27.3. The molecule has 1 aliphatic rings. The third kappa shape index (κ3) is 6.92. The van der Waals surface area contributed by atoms with Gasteiger partial charge in [-0.2, -0.15) is 0 Å². The van der Waals surface area contributed by atoms with Crippen molar-refractivity contribution in [1.82, 2.24) is 14.7 Å². The van der Waals surface area contributed by atoms with E-state index in [-0.39, 0.29) is 49.7 Å². The molecule has 194 valence electrons. The first-order chi connectivity index (χ1) is 17.2. The lowest BCUT2D eigenvalue weighted by molar-refractivity contribution is -0.138. The minimum Gasteiger partial charge on any atom is -0.497 e. The van der Waals surface area contributed by atoms with E-state index in [0.717, 1.165) is 11.3 Å². The fourth-order valence-corrected chi connectivity index (χ4v) is 4.80. The maximum absolute atomic E-state index is 13.3. The van der Waals surface area contributed by atoms with E-state index in [0.29, 0.717) is 30.1 Å². The zero-order chi connectivity index (χ0) is 26.2. The molecule has 0 N–H and O–H groups in total. The van der Waals surface area contributed by atoms with E-state index in [9.17, 15) is 19.2 Å².